The van der Waals surface area contributed by atoms with Crippen LogP contribution in [0.2, 0.25) is 5.02 Å². The van der Waals surface area contributed by atoms with Gasteiger partial charge in [-0.1, -0.05) is 11.6 Å². The van der Waals surface area contributed by atoms with Crippen molar-refractivity contribution in [2.24, 2.45) is 0 Å². The summed E-state index contributed by atoms with van der Waals surface area (Å²) in [4.78, 5) is 10.2. The maximum Gasteiger partial charge on any atom is 0.303 e. The Hall–Kier alpha value is -1.42. The normalized spacial score (nSPS) is 10.1. The van der Waals surface area contributed by atoms with Crippen LogP contribution in [0.15, 0.2) is 18.2 Å². The molecule has 1 aromatic rings. The van der Waals surface area contributed by atoms with Crippen LogP contribution in [-0.4, -0.2) is 17.7 Å². The number of ether oxygens (including phenoxy) is 1. The fourth-order valence-corrected chi connectivity index (χ4v) is 1.39. The monoisotopic (exact) mass is 243 g/mol. The molecule has 0 radical (unpaired) electrons. The lowest BCUT2D eigenvalue weighted by atomic mass is 10.2. The van der Waals surface area contributed by atoms with Gasteiger partial charge in [-0.15, -0.1) is 0 Å². The molecule has 0 fully saturated rings. The van der Waals surface area contributed by atoms with E-state index in [2.05, 4.69) is 0 Å². The van der Waals surface area contributed by atoms with Gasteiger partial charge in [0.15, 0.2) is 0 Å². The SMILES string of the molecule is Nc1cc(Cl)ccc1OCCCCC(=O)O. The average molecular weight is 244 g/mol. The molecule has 1 rings (SSSR count). The van der Waals surface area contributed by atoms with E-state index in [1.165, 1.54) is 0 Å². The molecule has 4 nitrogen and oxygen atoms in total. The van der Waals surface area contributed by atoms with E-state index in [0.29, 0.717) is 35.9 Å². The lowest BCUT2D eigenvalue weighted by Crippen LogP contribution is -2.02. The molecular weight excluding hydrogens is 230 g/mol. The number of nitrogen functional groups attached to an aromatic ring is 1. The minimum absolute atomic E-state index is 0.166. The summed E-state index contributed by atoms with van der Waals surface area (Å²) in [5.41, 5.74) is 6.17. The average Bonchev–Trinajstić information content (AvgIpc) is 2.20. The van der Waals surface area contributed by atoms with Crippen LogP contribution in [0.5, 0.6) is 5.75 Å². The molecular formula is C11H14ClNO3. The Labute approximate surface area is 99.0 Å². The number of hydrogen-bond acceptors (Lipinski definition) is 3. The third-order valence-corrected chi connectivity index (χ3v) is 2.25. The van der Waals surface area contributed by atoms with Crippen molar-refractivity contribution in [3.05, 3.63) is 23.2 Å². The quantitative estimate of drug-likeness (QED) is 0.595. The summed E-state index contributed by atoms with van der Waals surface area (Å²) in [5.74, 6) is -0.203. The second-order valence-corrected chi connectivity index (χ2v) is 3.82. The molecule has 0 amide bonds. The summed E-state index contributed by atoms with van der Waals surface area (Å²) < 4.78 is 5.40. The lowest BCUT2D eigenvalue weighted by Gasteiger charge is -2.08. The van der Waals surface area contributed by atoms with E-state index in [1.54, 1.807) is 18.2 Å². The molecule has 5 heteroatoms. The maximum atomic E-state index is 10.2. The molecule has 0 atom stereocenters. The highest BCUT2D eigenvalue weighted by Gasteiger charge is 2.01. The molecule has 16 heavy (non-hydrogen) atoms. The molecule has 0 aliphatic heterocycles. The number of carboxylic acids is 1. The van der Waals surface area contributed by atoms with Gasteiger partial charge in [0.2, 0.25) is 0 Å². The first-order valence-electron chi connectivity index (χ1n) is 4.99. The summed E-state index contributed by atoms with van der Waals surface area (Å²) in [6.45, 7) is 0.457. The van der Waals surface area contributed by atoms with Crippen LogP contribution in [-0.2, 0) is 4.79 Å². The van der Waals surface area contributed by atoms with Crippen LogP contribution in [0.25, 0.3) is 0 Å². The van der Waals surface area contributed by atoms with E-state index in [-0.39, 0.29) is 6.42 Å². The summed E-state index contributed by atoms with van der Waals surface area (Å²) >= 11 is 5.73. The molecule has 0 aliphatic carbocycles. The predicted molar refractivity (Wildman–Crippen MR) is 62.8 cm³/mol. The van der Waals surface area contributed by atoms with Gasteiger partial charge in [0.1, 0.15) is 5.75 Å². The van der Waals surface area contributed by atoms with Crippen molar-refractivity contribution in [2.75, 3.05) is 12.3 Å². The molecule has 0 saturated carbocycles. The van der Waals surface area contributed by atoms with Gasteiger partial charge in [-0.2, -0.15) is 0 Å². The molecule has 3 N–H and O–H groups in total. The first kappa shape index (κ1) is 12.6. The minimum atomic E-state index is -0.786. The molecule has 0 bridgehead atoms. The molecule has 1 aromatic carbocycles. The Morgan fingerprint density at radius 3 is 2.81 bits per heavy atom. The number of carbonyl (C=O) groups is 1. The number of aliphatic carboxylic acids is 1. The lowest BCUT2D eigenvalue weighted by molar-refractivity contribution is -0.137. The maximum absolute atomic E-state index is 10.2. The van der Waals surface area contributed by atoms with Crippen LogP contribution >= 0.6 is 11.6 Å². The zero-order valence-electron chi connectivity index (χ0n) is 8.78. The van der Waals surface area contributed by atoms with Crippen LogP contribution in [0.1, 0.15) is 19.3 Å². The number of hydrogen-bond donors (Lipinski definition) is 2. The predicted octanol–water partition coefficient (Wildman–Crippen LogP) is 2.56. The molecule has 0 heterocycles. The highest BCUT2D eigenvalue weighted by molar-refractivity contribution is 6.30. The molecule has 0 aromatic heterocycles. The number of benzene rings is 1. The number of rotatable bonds is 6. The molecule has 0 aliphatic rings. The largest absolute Gasteiger partial charge is 0.491 e. The summed E-state index contributed by atoms with van der Waals surface area (Å²) in [7, 11) is 0. The Bertz CT molecular complexity index is 368. The van der Waals surface area contributed by atoms with Gasteiger partial charge in [-0.05, 0) is 31.0 Å². The van der Waals surface area contributed by atoms with Crippen molar-refractivity contribution in [3.8, 4) is 5.75 Å². The first-order valence-corrected chi connectivity index (χ1v) is 5.37. The van der Waals surface area contributed by atoms with Gasteiger partial charge in [-0.3, -0.25) is 4.79 Å². The molecule has 88 valence electrons. The van der Waals surface area contributed by atoms with Gasteiger partial charge in [0, 0.05) is 11.4 Å². The number of nitrogens with two attached hydrogens (primary N) is 1. The van der Waals surface area contributed by atoms with Gasteiger partial charge in [0.25, 0.3) is 0 Å². The van der Waals surface area contributed by atoms with E-state index >= 15 is 0 Å². The van der Waals surface area contributed by atoms with Crippen LogP contribution < -0.4 is 10.5 Å². The van der Waals surface area contributed by atoms with E-state index in [0.717, 1.165) is 0 Å². The fourth-order valence-electron chi connectivity index (χ4n) is 1.21. The Morgan fingerprint density at radius 2 is 2.19 bits per heavy atom. The zero-order valence-corrected chi connectivity index (χ0v) is 9.54. The second-order valence-electron chi connectivity index (χ2n) is 3.38. The van der Waals surface area contributed by atoms with Gasteiger partial charge in [-0.25, -0.2) is 0 Å². The summed E-state index contributed by atoms with van der Waals surface area (Å²) in [5, 5.41) is 8.99. The topological polar surface area (TPSA) is 72.5 Å². The molecule has 0 saturated heterocycles. The van der Waals surface area contributed by atoms with E-state index in [4.69, 9.17) is 27.2 Å². The van der Waals surface area contributed by atoms with E-state index < -0.39 is 5.97 Å². The Morgan fingerprint density at radius 1 is 1.44 bits per heavy atom. The second kappa shape index (κ2) is 6.23. The Kier molecular flexibility index (Phi) is 4.92. The Balaban J connectivity index is 2.29. The van der Waals surface area contributed by atoms with E-state index in [9.17, 15) is 4.79 Å². The van der Waals surface area contributed by atoms with E-state index in [1.807, 2.05) is 0 Å². The number of carboxylic acid groups (broad SMARTS) is 1. The highest BCUT2D eigenvalue weighted by Crippen LogP contribution is 2.24. The summed E-state index contributed by atoms with van der Waals surface area (Å²) in [6.07, 6.45) is 1.46. The van der Waals surface area contributed by atoms with Crippen molar-refractivity contribution >= 4 is 23.3 Å². The highest BCUT2D eigenvalue weighted by atomic mass is 35.5. The minimum Gasteiger partial charge on any atom is -0.491 e. The smallest absolute Gasteiger partial charge is 0.303 e. The molecule has 0 unspecified atom stereocenters. The third-order valence-electron chi connectivity index (χ3n) is 2.01. The number of anilines is 1. The zero-order chi connectivity index (χ0) is 12.0. The van der Waals surface area contributed by atoms with Crippen molar-refractivity contribution in [2.45, 2.75) is 19.3 Å². The standard InChI is InChI=1S/C11H14ClNO3/c12-8-4-5-10(9(13)7-8)16-6-2-1-3-11(14)15/h4-5,7H,1-3,6,13H2,(H,14,15). The molecule has 0 spiro atoms. The third kappa shape index (κ3) is 4.40. The summed E-state index contributed by atoms with van der Waals surface area (Å²) in [6, 6.07) is 5.02. The number of unbranched alkanes of at least 4 members (excludes halogenated alkanes) is 1. The van der Waals surface area contributed by atoms with Crippen molar-refractivity contribution in [3.63, 3.8) is 0 Å². The van der Waals surface area contributed by atoms with Crippen LogP contribution in [0.3, 0.4) is 0 Å². The van der Waals surface area contributed by atoms with Crippen molar-refractivity contribution in [1.82, 2.24) is 0 Å². The van der Waals surface area contributed by atoms with Crippen molar-refractivity contribution in [1.29, 1.82) is 0 Å². The van der Waals surface area contributed by atoms with Crippen LogP contribution in [0, 0.1) is 0 Å². The first-order chi connectivity index (χ1) is 7.59. The van der Waals surface area contributed by atoms with Crippen LogP contribution in [0.4, 0.5) is 5.69 Å². The van der Waals surface area contributed by atoms with Gasteiger partial charge >= 0.3 is 5.97 Å². The fraction of sp³-hybridized carbons (Fsp3) is 0.364. The number of halogens is 1. The van der Waals surface area contributed by atoms with Crippen molar-refractivity contribution < 1.29 is 14.6 Å². The van der Waals surface area contributed by atoms with Gasteiger partial charge < -0.3 is 15.6 Å². The van der Waals surface area contributed by atoms with Gasteiger partial charge in [0.05, 0.1) is 12.3 Å².